The normalized spacial score (nSPS) is 12.1. The van der Waals surface area contributed by atoms with Gasteiger partial charge in [0.15, 0.2) is 0 Å². The number of rotatable bonds is 1. The Kier molecular flexibility index (Phi) is 2.26. The van der Waals surface area contributed by atoms with Crippen LogP contribution in [-0.2, 0) is 6.42 Å². The summed E-state index contributed by atoms with van der Waals surface area (Å²) in [6, 6.07) is 10.2. The minimum absolute atomic E-state index is 0.518. The first-order valence-electron chi connectivity index (χ1n) is 5.45. The zero-order valence-corrected chi connectivity index (χ0v) is 10.2. The van der Waals surface area contributed by atoms with Crippen molar-refractivity contribution in [2.75, 3.05) is 12.8 Å². The van der Waals surface area contributed by atoms with Crippen molar-refractivity contribution < 1.29 is 4.74 Å². The number of nitrogens with two attached hydrogens (primary N) is 1. The summed E-state index contributed by atoms with van der Waals surface area (Å²) >= 11 is 6.35. The number of halogens is 1. The first-order valence-corrected chi connectivity index (χ1v) is 5.83. The van der Waals surface area contributed by atoms with E-state index in [4.69, 9.17) is 22.1 Å². The monoisotopic (exact) mass is 245 g/mol. The summed E-state index contributed by atoms with van der Waals surface area (Å²) in [7, 11) is 1.61. The Labute approximate surface area is 105 Å². The summed E-state index contributed by atoms with van der Waals surface area (Å²) in [6.07, 6.45) is 0.891. The highest BCUT2D eigenvalue weighted by atomic mass is 35.5. The fourth-order valence-electron chi connectivity index (χ4n) is 2.42. The van der Waals surface area contributed by atoms with Gasteiger partial charge in [-0.05, 0) is 29.2 Å². The SMILES string of the molecule is COc1cc2c(c(Cl)c1N)-c1ccccc1C2. The van der Waals surface area contributed by atoms with E-state index >= 15 is 0 Å². The van der Waals surface area contributed by atoms with Gasteiger partial charge >= 0.3 is 0 Å². The number of hydrogen-bond acceptors (Lipinski definition) is 2. The van der Waals surface area contributed by atoms with Crippen molar-refractivity contribution in [2.45, 2.75) is 6.42 Å². The zero-order valence-electron chi connectivity index (χ0n) is 9.46. The van der Waals surface area contributed by atoms with Gasteiger partial charge in [-0.1, -0.05) is 35.9 Å². The van der Waals surface area contributed by atoms with Gasteiger partial charge in [0.05, 0.1) is 17.8 Å². The minimum Gasteiger partial charge on any atom is -0.495 e. The molecular formula is C14H12ClNO. The van der Waals surface area contributed by atoms with Gasteiger partial charge in [0.25, 0.3) is 0 Å². The van der Waals surface area contributed by atoms with Crippen molar-refractivity contribution in [3.8, 4) is 16.9 Å². The maximum absolute atomic E-state index is 6.35. The van der Waals surface area contributed by atoms with Gasteiger partial charge in [-0.25, -0.2) is 0 Å². The number of nitrogen functional groups attached to an aromatic ring is 1. The van der Waals surface area contributed by atoms with E-state index in [1.807, 2.05) is 18.2 Å². The van der Waals surface area contributed by atoms with E-state index in [-0.39, 0.29) is 0 Å². The standard InChI is InChI=1S/C14H12ClNO/c1-17-11-7-9-6-8-4-2-3-5-10(8)12(9)13(15)14(11)16/h2-5,7H,6,16H2,1H3. The van der Waals surface area contributed by atoms with E-state index in [1.165, 1.54) is 16.7 Å². The summed E-state index contributed by atoms with van der Waals surface area (Å²) in [6.45, 7) is 0. The molecule has 0 unspecified atom stereocenters. The van der Waals surface area contributed by atoms with Crippen LogP contribution in [0.3, 0.4) is 0 Å². The fourth-order valence-corrected chi connectivity index (χ4v) is 2.73. The van der Waals surface area contributed by atoms with Crippen LogP contribution in [0.2, 0.25) is 5.02 Å². The molecule has 0 radical (unpaired) electrons. The summed E-state index contributed by atoms with van der Waals surface area (Å²) in [5.41, 5.74) is 11.2. The number of methoxy groups -OCH3 is 1. The van der Waals surface area contributed by atoms with E-state index in [9.17, 15) is 0 Å². The van der Waals surface area contributed by atoms with Crippen molar-refractivity contribution in [3.05, 3.63) is 46.5 Å². The molecule has 0 bridgehead atoms. The molecule has 2 aromatic rings. The Morgan fingerprint density at radius 3 is 2.76 bits per heavy atom. The topological polar surface area (TPSA) is 35.2 Å². The predicted molar refractivity (Wildman–Crippen MR) is 70.7 cm³/mol. The van der Waals surface area contributed by atoms with Gasteiger partial charge in [-0.15, -0.1) is 0 Å². The van der Waals surface area contributed by atoms with E-state index < -0.39 is 0 Å². The van der Waals surface area contributed by atoms with Crippen molar-refractivity contribution in [2.24, 2.45) is 0 Å². The molecule has 2 N–H and O–H groups in total. The van der Waals surface area contributed by atoms with Crippen LogP contribution in [0, 0.1) is 0 Å². The van der Waals surface area contributed by atoms with Crippen LogP contribution in [0.25, 0.3) is 11.1 Å². The molecule has 3 heteroatoms. The molecule has 86 valence electrons. The number of benzene rings is 2. The lowest BCUT2D eigenvalue weighted by Crippen LogP contribution is -1.96. The summed E-state index contributed by atoms with van der Waals surface area (Å²) < 4.78 is 5.24. The van der Waals surface area contributed by atoms with Crippen molar-refractivity contribution in [1.82, 2.24) is 0 Å². The first kappa shape index (κ1) is 10.5. The summed E-state index contributed by atoms with van der Waals surface area (Å²) in [4.78, 5) is 0. The van der Waals surface area contributed by atoms with Gasteiger partial charge in [0, 0.05) is 5.56 Å². The van der Waals surface area contributed by atoms with Crippen molar-refractivity contribution in [3.63, 3.8) is 0 Å². The van der Waals surface area contributed by atoms with Crippen LogP contribution in [0.4, 0.5) is 5.69 Å². The molecule has 17 heavy (non-hydrogen) atoms. The molecular weight excluding hydrogens is 234 g/mol. The van der Waals surface area contributed by atoms with Gasteiger partial charge in [0.2, 0.25) is 0 Å². The number of anilines is 1. The van der Waals surface area contributed by atoms with Gasteiger partial charge in [0.1, 0.15) is 5.75 Å². The van der Waals surface area contributed by atoms with Crippen LogP contribution < -0.4 is 10.5 Å². The zero-order chi connectivity index (χ0) is 12.0. The molecule has 0 saturated heterocycles. The van der Waals surface area contributed by atoms with E-state index in [1.54, 1.807) is 7.11 Å². The molecule has 2 aromatic carbocycles. The maximum atomic E-state index is 6.35. The molecule has 0 spiro atoms. The van der Waals surface area contributed by atoms with Crippen LogP contribution >= 0.6 is 11.6 Å². The molecule has 0 aliphatic heterocycles. The largest absolute Gasteiger partial charge is 0.495 e. The highest BCUT2D eigenvalue weighted by Crippen LogP contribution is 2.46. The lowest BCUT2D eigenvalue weighted by molar-refractivity contribution is 0.416. The minimum atomic E-state index is 0.518. The third-order valence-electron chi connectivity index (χ3n) is 3.24. The van der Waals surface area contributed by atoms with E-state index in [0.29, 0.717) is 16.5 Å². The Morgan fingerprint density at radius 1 is 1.24 bits per heavy atom. The molecule has 0 aromatic heterocycles. The fraction of sp³-hybridized carbons (Fsp3) is 0.143. The van der Waals surface area contributed by atoms with Crippen LogP contribution in [0.1, 0.15) is 11.1 Å². The van der Waals surface area contributed by atoms with E-state index in [2.05, 4.69) is 12.1 Å². The molecule has 0 atom stereocenters. The highest BCUT2D eigenvalue weighted by molar-refractivity contribution is 6.36. The molecule has 1 aliphatic rings. The molecule has 1 aliphatic carbocycles. The van der Waals surface area contributed by atoms with Crippen LogP contribution in [0.15, 0.2) is 30.3 Å². The van der Waals surface area contributed by atoms with Crippen LogP contribution in [-0.4, -0.2) is 7.11 Å². The second kappa shape index (κ2) is 3.67. The Hall–Kier alpha value is -1.67. The average molecular weight is 246 g/mol. The predicted octanol–water partition coefficient (Wildman–Crippen LogP) is 3.50. The Bertz CT molecular complexity index is 607. The third kappa shape index (κ3) is 1.41. The summed E-state index contributed by atoms with van der Waals surface area (Å²) in [5.74, 6) is 0.654. The molecule has 0 heterocycles. The Balaban J connectivity index is 2.31. The van der Waals surface area contributed by atoms with Crippen molar-refractivity contribution in [1.29, 1.82) is 0 Å². The number of fused-ring (bicyclic) bond motifs is 3. The smallest absolute Gasteiger partial charge is 0.143 e. The van der Waals surface area contributed by atoms with E-state index in [0.717, 1.165) is 12.0 Å². The van der Waals surface area contributed by atoms with Gasteiger partial charge in [-0.2, -0.15) is 0 Å². The number of hydrogen-bond donors (Lipinski definition) is 1. The van der Waals surface area contributed by atoms with Gasteiger partial charge < -0.3 is 10.5 Å². The van der Waals surface area contributed by atoms with Gasteiger partial charge in [-0.3, -0.25) is 0 Å². The highest BCUT2D eigenvalue weighted by Gasteiger charge is 2.24. The Morgan fingerprint density at radius 2 is 2.00 bits per heavy atom. The molecule has 0 amide bonds. The molecule has 3 rings (SSSR count). The quantitative estimate of drug-likeness (QED) is 0.666. The average Bonchev–Trinajstić information content (AvgIpc) is 2.72. The summed E-state index contributed by atoms with van der Waals surface area (Å²) in [5, 5.41) is 0.601. The van der Waals surface area contributed by atoms with Crippen molar-refractivity contribution >= 4 is 17.3 Å². The lowest BCUT2D eigenvalue weighted by atomic mass is 10.0. The maximum Gasteiger partial charge on any atom is 0.143 e. The molecule has 0 fully saturated rings. The molecule has 2 nitrogen and oxygen atoms in total. The first-order chi connectivity index (χ1) is 8.22. The second-order valence-electron chi connectivity index (χ2n) is 4.17. The second-order valence-corrected chi connectivity index (χ2v) is 4.55. The lowest BCUT2D eigenvalue weighted by Gasteiger charge is -2.11. The molecule has 0 saturated carbocycles. The third-order valence-corrected chi connectivity index (χ3v) is 3.63. The number of ether oxygens (including phenoxy) is 1. The van der Waals surface area contributed by atoms with Crippen LogP contribution in [0.5, 0.6) is 5.75 Å².